The third-order valence-electron chi connectivity index (χ3n) is 5.62. The van der Waals surface area contributed by atoms with Gasteiger partial charge in [0.25, 0.3) is 11.8 Å². The van der Waals surface area contributed by atoms with Crippen LogP contribution in [0.3, 0.4) is 0 Å². The summed E-state index contributed by atoms with van der Waals surface area (Å²) in [6.07, 6.45) is 0. The van der Waals surface area contributed by atoms with Gasteiger partial charge in [0.2, 0.25) is 5.91 Å². The summed E-state index contributed by atoms with van der Waals surface area (Å²) in [6, 6.07) is 21.0. The minimum atomic E-state index is -1.04. The highest BCUT2D eigenvalue weighted by Crippen LogP contribution is 2.11. The van der Waals surface area contributed by atoms with Crippen molar-refractivity contribution in [2.75, 3.05) is 25.5 Å². The van der Waals surface area contributed by atoms with E-state index in [-0.39, 0.29) is 19.0 Å². The van der Waals surface area contributed by atoms with Gasteiger partial charge in [0.1, 0.15) is 6.04 Å². The number of nitrogens with zero attached hydrogens (tertiary/aromatic N) is 1. The molecule has 0 spiro atoms. The highest BCUT2D eigenvalue weighted by atomic mass is 16.5. The first-order valence-corrected chi connectivity index (χ1v) is 12.0. The van der Waals surface area contributed by atoms with Crippen LogP contribution in [0.4, 0.5) is 5.69 Å². The van der Waals surface area contributed by atoms with Crippen LogP contribution in [0, 0.1) is 18.8 Å². The summed E-state index contributed by atoms with van der Waals surface area (Å²) in [7, 11) is 1.91. The number of likely N-dealkylation sites (N-methyl/N-ethyl adjacent to an activating group) is 1. The fourth-order valence-electron chi connectivity index (χ4n) is 3.54. The number of amides is 3. The van der Waals surface area contributed by atoms with Gasteiger partial charge in [-0.2, -0.15) is 0 Å². The molecule has 0 saturated carbocycles. The molecule has 0 aliphatic rings. The summed E-state index contributed by atoms with van der Waals surface area (Å²) in [6.45, 7) is 2.84. The Balaban J connectivity index is 1.51. The van der Waals surface area contributed by atoms with Crippen LogP contribution in [0.15, 0.2) is 72.8 Å². The molecule has 196 valence electrons. The molecule has 0 fully saturated rings. The molecule has 0 radical (unpaired) electrons. The van der Waals surface area contributed by atoms with Gasteiger partial charge < -0.3 is 16.4 Å². The van der Waals surface area contributed by atoms with Crippen LogP contribution in [0.1, 0.15) is 32.6 Å². The van der Waals surface area contributed by atoms with Crippen molar-refractivity contribution >= 4 is 23.4 Å². The van der Waals surface area contributed by atoms with Gasteiger partial charge in [-0.15, -0.1) is 0 Å². The van der Waals surface area contributed by atoms with Crippen molar-refractivity contribution in [3.8, 4) is 11.8 Å². The average molecular weight is 514 g/mol. The number of benzene rings is 3. The van der Waals surface area contributed by atoms with Crippen molar-refractivity contribution in [1.82, 2.24) is 15.7 Å². The van der Waals surface area contributed by atoms with E-state index < -0.39 is 17.9 Å². The van der Waals surface area contributed by atoms with E-state index in [9.17, 15) is 14.4 Å². The summed E-state index contributed by atoms with van der Waals surface area (Å²) >= 11 is 0. The first kappa shape index (κ1) is 28.1. The number of carbonyl (C=O) groups is 3. The quantitative estimate of drug-likeness (QED) is 0.169. The zero-order valence-corrected chi connectivity index (χ0v) is 21.3. The zero-order chi connectivity index (χ0) is 27.5. The Hall–Kier alpha value is -4.49. The van der Waals surface area contributed by atoms with E-state index in [0.717, 1.165) is 11.1 Å². The molecule has 3 aromatic rings. The predicted molar refractivity (Wildman–Crippen MR) is 145 cm³/mol. The van der Waals surface area contributed by atoms with Crippen LogP contribution in [0.5, 0.6) is 0 Å². The minimum Gasteiger partial charge on any atom is -0.339 e. The van der Waals surface area contributed by atoms with Gasteiger partial charge >= 0.3 is 0 Å². The fraction of sp³-hybridized carbons (Fsp3) is 0.207. The minimum absolute atomic E-state index is 0.0997. The van der Waals surface area contributed by atoms with Crippen molar-refractivity contribution in [3.63, 3.8) is 0 Å². The Labute approximate surface area is 222 Å². The summed E-state index contributed by atoms with van der Waals surface area (Å²) in [5, 5.41) is 14.1. The monoisotopic (exact) mass is 513 g/mol. The Morgan fingerprint density at radius 3 is 2.05 bits per heavy atom. The number of rotatable bonds is 9. The third kappa shape index (κ3) is 8.57. The Bertz CT molecular complexity index is 1310. The highest BCUT2D eigenvalue weighted by Gasteiger charge is 2.19. The zero-order valence-electron chi connectivity index (χ0n) is 21.3. The number of aryl methyl sites for hydroxylation is 1. The van der Waals surface area contributed by atoms with Crippen LogP contribution >= 0.6 is 0 Å². The van der Waals surface area contributed by atoms with E-state index in [1.165, 1.54) is 11.0 Å². The molecule has 0 aliphatic heterocycles. The van der Waals surface area contributed by atoms with E-state index in [0.29, 0.717) is 23.4 Å². The van der Waals surface area contributed by atoms with Gasteiger partial charge in [-0.25, -0.2) is 5.48 Å². The van der Waals surface area contributed by atoms with Gasteiger partial charge in [-0.1, -0.05) is 41.7 Å². The lowest BCUT2D eigenvalue weighted by Crippen LogP contribution is -2.50. The summed E-state index contributed by atoms with van der Waals surface area (Å²) in [5.74, 6) is 4.69. The number of nitrogens with two attached hydrogens (primary N) is 1. The second-order valence-corrected chi connectivity index (χ2v) is 8.85. The van der Waals surface area contributed by atoms with Crippen molar-refractivity contribution < 1.29 is 19.6 Å². The molecule has 0 unspecified atom stereocenters. The van der Waals surface area contributed by atoms with E-state index in [1.807, 2.05) is 31.0 Å². The van der Waals surface area contributed by atoms with Crippen LogP contribution in [0.2, 0.25) is 0 Å². The topological polar surface area (TPSA) is 137 Å². The number of hydroxylamine groups is 1. The molecule has 3 rings (SSSR count). The van der Waals surface area contributed by atoms with Gasteiger partial charge in [0.15, 0.2) is 0 Å². The first-order chi connectivity index (χ1) is 18.3. The molecular weight excluding hydrogens is 482 g/mol. The number of carbonyl (C=O) groups excluding carboxylic acids is 3. The van der Waals surface area contributed by atoms with Crippen molar-refractivity contribution in [1.29, 1.82) is 0 Å². The molecule has 0 aromatic heterocycles. The molecular formula is C29H31N5O4. The van der Waals surface area contributed by atoms with Crippen molar-refractivity contribution in [2.45, 2.75) is 19.5 Å². The van der Waals surface area contributed by atoms with Crippen molar-refractivity contribution in [3.05, 3.63) is 101 Å². The maximum atomic E-state index is 12.4. The highest BCUT2D eigenvalue weighted by molar-refractivity contribution is 5.97. The second-order valence-electron chi connectivity index (χ2n) is 8.85. The fourth-order valence-corrected chi connectivity index (χ4v) is 3.54. The van der Waals surface area contributed by atoms with Crippen LogP contribution < -0.4 is 21.8 Å². The van der Waals surface area contributed by atoms with Crippen LogP contribution in [0.25, 0.3) is 0 Å². The summed E-state index contributed by atoms with van der Waals surface area (Å²) in [4.78, 5) is 38.1. The number of nitrogens with one attached hydrogen (secondary N) is 3. The van der Waals surface area contributed by atoms with E-state index >= 15 is 0 Å². The Morgan fingerprint density at radius 1 is 0.921 bits per heavy atom. The lowest BCUT2D eigenvalue weighted by atomic mass is 10.1. The van der Waals surface area contributed by atoms with Crippen LogP contribution in [-0.2, 0) is 16.1 Å². The van der Waals surface area contributed by atoms with Gasteiger partial charge in [-0.05, 0) is 68.1 Å². The van der Waals surface area contributed by atoms with E-state index in [2.05, 4.69) is 46.7 Å². The predicted octanol–water partition coefficient (Wildman–Crippen LogP) is 2.03. The molecule has 1 atom stereocenters. The first-order valence-electron chi connectivity index (χ1n) is 12.0. The largest absolute Gasteiger partial charge is 0.339 e. The van der Waals surface area contributed by atoms with Gasteiger partial charge in [0.05, 0.1) is 6.54 Å². The molecule has 0 saturated heterocycles. The van der Waals surface area contributed by atoms with E-state index in [4.69, 9.17) is 10.9 Å². The molecule has 3 aromatic carbocycles. The molecule has 6 N–H and O–H groups in total. The Morgan fingerprint density at radius 2 is 1.50 bits per heavy atom. The number of anilines is 1. The Kier molecular flexibility index (Phi) is 10.1. The average Bonchev–Trinajstić information content (AvgIpc) is 2.92. The molecule has 3 amide bonds. The number of hydrogen-bond donors (Lipinski definition) is 5. The van der Waals surface area contributed by atoms with E-state index in [1.54, 1.807) is 36.4 Å². The molecule has 9 heteroatoms. The molecule has 0 bridgehead atoms. The molecule has 0 heterocycles. The molecule has 38 heavy (non-hydrogen) atoms. The lowest BCUT2D eigenvalue weighted by molar-refractivity contribution is -0.130. The smallest absolute Gasteiger partial charge is 0.267 e. The standard InChI is InChI=1S/C29H31N5O4/c1-20-3-5-23(6-4-20)18-34(2)19-27(35)31-25-15-11-22(12-16-25)8-7-21-9-13-24(14-10-21)28(36)32-26(17-30)29(37)33-38/h3-6,9-16,26,38H,17-19,30H2,1-2H3,(H,31,35)(H,32,36)(H,33,37)/t26-/m0/s1. The number of hydrogen-bond acceptors (Lipinski definition) is 6. The van der Waals surface area contributed by atoms with Crippen LogP contribution in [-0.4, -0.2) is 54.0 Å². The summed E-state index contributed by atoms with van der Waals surface area (Å²) < 4.78 is 0. The molecule has 0 aliphatic carbocycles. The SMILES string of the molecule is Cc1ccc(CN(C)CC(=O)Nc2ccc(C#Cc3ccc(C(=O)N[C@@H](CN)C(=O)NO)cc3)cc2)cc1. The summed E-state index contributed by atoms with van der Waals surface area (Å²) in [5.41, 5.74) is 11.7. The van der Waals surface area contributed by atoms with Gasteiger partial charge in [-0.3, -0.25) is 24.5 Å². The maximum Gasteiger partial charge on any atom is 0.267 e. The van der Waals surface area contributed by atoms with Gasteiger partial charge in [0, 0.05) is 35.5 Å². The second kappa shape index (κ2) is 13.7. The maximum absolute atomic E-state index is 12.4. The van der Waals surface area contributed by atoms with Crippen molar-refractivity contribution in [2.24, 2.45) is 5.73 Å². The third-order valence-corrected chi connectivity index (χ3v) is 5.62. The normalized spacial score (nSPS) is 11.2. The molecule has 9 nitrogen and oxygen atoms in total. The lowest BCUT2D eigenvalue weighted by Gasteiger charge is -2.16.